The highest BCUT2D eigenvalue weighted by Gasteiger charge is 2.19. The van der Waals surface area contributed by atoms with Crippen molar-refractivity contribution in [1.29, 1.82) is 0 Å². The molecule has 0 spiro atoms. The van der Waals surface area contributed by atoms with E-state index in [1.807, 2.05) is 25.2 Å². The number of likely N-dealkylation sites (N-methyl/N-ethyl adjacent to an activating group) is 1. The minimum Gasteiger partial charge on any atom is -0.340 e. The van der Waals surface area contributed by atoms with Crippen LogP contribution in [-0.4, -0.2) is 47.2 Å². The molecule has 1 unspecified atom stereocenters. The van der Waals surface area contributed by atoms with Gasteiger partial charge in [0.2, 0.25) is 0 Å². The van der Waals surface area contributed by atoms with Crippen LogP contribution in [0.2, 0.25) is 0 Å². The average Bonchev–Trinajstić information content (AvgIpc) is 3.07. The van der Waals surface area contributed by atoms with Crippen LogP contribution in [-0.2, 0) is 0 Å². The fourth-order valence-electron chi connectivity index (χ4n) is 2.62. The summed E-state index contributed by atoms with van der Waals surface area (Å²) in [5.74, 6) is 0.0604. The molecule has 1 aliphatic rings. The van der Waals surface area contributed by atoms with Crippen molar-refractivity contribution in [2.75, 3.05) is 20.1 Å². The number of H-pyrrole nitrogens is 1. The Hall–Kier alpha value is -1.88. The topological polar surface area (TPSA) is 61.0 Å². The predicted molar refractivity (Wildman–Crippen MR) is 74.1 cm³/mol. The van der Waals surface area contributed by atoms with E-state index >= 15 is 0 Å². The van der Waals surface area contributed by atoms with E-state index in [9.17, 15) is 4.79 Å². The maximum absolute atomic E-state index is 12.4. The van der Waals surface area contributed by atoms with Gasteiger partial charge in [-0.1, -0.05) is 6.07 Å². The van der Waals surface area contributed by atoms with E-state index < -0.39 is 0 Å². The van der Waals surface area contributed by atoms with Crippen molar-refractivity contribution in [2.45, 2.75) is 18.9 Å². The monoisotopic (exact) mass is 258 g/mol. The lowest BCUT2D eigenvalue weighted by Crippen LogP contribution is -2.38. The Balaban J connectivity index is 1.74. The highest BCUT2D eigenvalue weighted by molar-refractivity contribution is 5.97. The summed E-state index contributed by atoms with van der Waals surface area (Å²) in [4.78, 5) is 14.2. The molecule has 1 fully saturated rings. The van der Waals surface area contributed by atoms with Crippen molar-refractivity contribution in [3.63, 3.8) is 0 Å². The summed E-state index contributed by atoms with van der Waals surface area (Å²) in [6.07, 6.45) is 4.11. The second kappa shape index (κ2) is 5.01. The predicted octanol–water partition coefficient (Wildman–Crippen LogP) is 1.39. The van der Waals surface area contributed by atoms with Gasteiger partial charge >= 0.3 is 0 Å². The fraction of sp³-hybridized carbons (Fsp3) is 0.429. The zero-order valence-corrected chi connectivity index (χ0v) is 11.0. The van der Waals surface area contributed by atoms with Crippen LogP contribution in [0.3, 0.4) is 0 Å². The average molecular weight is 258 g/mol. The van der Waals surface area contributed by atoms with Crippen LogP contribution in [0.5, 0.6) is 0 Å². The number of carbonyl (C=O) groups is 1. The summed E-state index contributed by atoms with van der Waals surface area (Å²) >= 11 is 0. The van der Waals surface area contributed by atoms with Crippen molar-refractivity contribution in [1.82, 2.24) is 20.4 Å². The molecule has 1 amide bonds. The molecule has 19 heavy (non-hydrogen) atoms. The quantitative estimate of drug-likeness (QED) is 0.874. The number of nitrogens with zero attached hydrogens (tertiary/aromatic N) is 2. The smallest absolute Gasteiger partial charge is 0.253 e. The molecular formula is C14H18N4O. The SMILES string of the molecule is CN(CC1CCCN1)C(=O)c1ccc2cn[nH]c2c1. The van der Waals surface area contributed by atoms with Gasteiger partial charge in [0.1, 0.15) is 0 Å². The molecule has 2 heterocycles. The summed E-state index contributed by atoms with van der Waals surface area (Å²) in [6, 6.07) is 6.08. The van der Waals surface area contributed by atoms with Gasteiger partial charge in [-0.3, -0.25) is 9.89 Å². The van der Waals surface area contributed by atoms with E-state index in [4.69, 9.17) is 0 Å². The van der Waals surface area contributed by atoms with E-state index in [0.717, 1.165) is 30.4 Å². The molecule has 3 rings (SSSR count). The van der Waals surface area contributed by atoms with Crippen molar-refractivity contribution in [3.8, 4) is 0 Å². The Labute approximate surface area is 112 Å². The summed E-state index contributed by atoms with van der Waals surface area (Å²) in [5.41, 5.74) is 1.61. The Morgan fingerprint density at radius 1 is 1.53 bits per heavy atom. The van der Waals surface area contributed by atoms with E-state index in [1.165, 1.54) is 6.42 Å². The first-order valence-corrected chi connectivity index (χ1v) is 6.66. The number of carbonyl (C=O) groups excluding carboxylic acids is 1. The third-order valence-corrected chi connectivity index (χ3v) is 3.69. The molecule has 1 atom stereocenters. The summed E-state index contributed by atoms with van der Waals surface area (Å²) in [5, 5.41) is 11.3. The van der Waals surface area contributed by atoms with Gasteiger partial charge in [-0.15, -0.1) is 0 Å². The first-order chi connectivity index (χ1) is 9.24. The van der Waals surface area contributed by atoms with E-state index in [2.05, 4.69) is 15.5 Å². The first-order valence-electron chi connectivity index (χ1n) is 6.66. The Morgan fingerprint density at radius 2 is 2.42 bits per heavy atom. The zero-order valence-electron chi connectivity index (χ0n) is 11.0. The molecule has 2 N–H and O–H groups in total. The third kappa shape index (κ3) is 2.46. The molecule has 0 radical (unpaired) electrons. The Kier molecular flexibility index (Phi) is 3.21. The molecule has 2 aromatic rings. The number of aromatic nitrogens is 2. The Bertz CT molecular complexity index is 586. The number of hydrogen-bond donors (Lipinski definition) is 2. The van der Waals surface area contributed by atoms with Gasteiger partial charge in [0, 0.05) is 30.6 Å². The molecule has 5 heteroatoms. The Morgan fingerprint density at radius 3 is 3.21 bits per heavy atom. The summed E-state index contributed by atoms with van der Waals surface area (Å²) in [6.45, 7) is 1.83. The molecule has 100 valence electrons. The summed E-state index contributed by atoms with van der Waals surface area (Å²) in [7, 11) is 1.86. The minimum absolute atomic E-state index is 0.0604. The second-order valence-electron chi connectivity index (χ2n) is 5.15. The number of rotatable bonds is 3. The molecule has 1 saturated heterocycles. The number of amides is 1. The molecule has 5 nitrogen and oxygen atoms in total. The largest absolute Gasteiger partial charge is 0.340 e. The normalized spacial score (nSPS) is 18.9. The minimum atomic E-state index is 0.0604. The van der Waals surface area contributed by atoms with Crippen molar-refractivity contribution in [2.24, 2.45) is 0 Å². The van der Waals surface area contributed by atoms with Crippen LogP contribution < -0.4 is 5.32 Å². The van der Waals surface area contributed by atoms with E-state index in [-0.39, 0.29) is 5.91 Å². The van der Waals surface area contributed by atoms with Crippen LogP contribution in [0.15, 0.2) is 24.4 Å². The number of hydrogen-bond acceptors (Lipinski definition) is 3. The molecule has 0 bridgehead atoms. The van der Waals surface area contributed by atoms with Gasteiger partial charge < -0.3 is 10.2 Å². The number of nitrogens with one attached hydrogen (secondary N) is 2. The van der Waals surface area contributed by atoms with Crippen LogP contribution in [0, 0.1) is 0 Å². The van der Waals surface area contributed by atoms with Crippen molar-refractivity contribution in [3.05, 3.63) is 30.0 Å². The number of aromatic amines is 1. The van der Waals surface area contributed by atoms with Gasteiger partial charge in [-0.25, -0.2) is 0 Å². The van der Waals surface area contributed by atoms with Gasteiger partial charge in [0.05, 0.1) is 11.7 Å². The zero-order chi connectivity index (χ0) is 13.2. The molecule has 1 aromatic carbocycles. The highest BCUT2D eigenvalue weighted by atomic mass is 16.2. The number of benzene rings is 1. The van der Waals surface area contributed by atoms with Gasteiger partial charge in [-0.05, 0) is 31.5 Å². The first kappa shape index (κ1) is 12.2. The van der Waals surface area contributed by atoms with Crippen LogP contribution in [0.25, 0.3) is 10.9 Å². The second-order valence-corrected chi connectivity index (χ2v) is 5.15. The number of fused-ring (bicyclic) bond motifs is 1. The van der Waals surface area contributed by atoms with E-state index in [0.29, 0.717) is 11.6 Å². The highest BCUT2D eigenvalue weighted by Crippen LogP contribution is 2.15. The lowest BCUT2D eigenvalue weighted by Gasteiger charge is -2.21. The third-order valence-electron chi connectivity index (χ3n) is 3.69. The molecule has 0 saturated carbocycles. The van der Waals surface area contributed by atoms with Crippen LogP contribution in [0.4, 0.5) is 0 Å². The van der Waals surface area contributed by atoms with E-state index in [1.54, 1.807) is 11.1 Å². The summed E-state index contributed by atoms with van der Waals surface area (Å²) < 4.78 is 0. The molecule has 1 aliphatic heterocycles. The molecule has 0 aliphatic carbocycles. The lowest BCUT2D eigenvalue weighted by atomic mass is 10.1. The maximum Gasteiger partial charge on any atom is 0.253 e. The van der Waals surface area contributed by atoms with Gasteiger partial charge in [0.15, 0.2) is 0 Å². The van der Waals surface area contributed by atoms with Crippen molar-refractivity contribution < 1.29 is 4.79 Å². The van der Waals surface area contributed by atoms with Crippen LogP contribution in [0.1, 0.15) is 23.2 Å². The lowest BCUT2D eigenvalue weighted by molar-refractivity contribution is 0.0784. The fourth-order valence-corrected chi connectivity index (χ4v) is 2.62. The maximum atomic E-state index is 12.4. The van der Waals surface area contributed by atoms with Gasteiger partial charge in [-0.2, -0.15) is 5.10 Å². The van der Waals surface area contributed by atoms with Crippen molar-refractivity contribution >= 4 is 16.8 Å². The van der Waals surface area contributed by atoms with Gasteiger partial charge in [0.25, 0.3) is 5.91 Å². The standard InChI is InChI=1S/C14H18N4O/c1-18(9-12-3-2-6-15-12)14(19)10-4-5-11-8-16-17-13(11)7-10/h4-5,7-8,12,15H,2-3,6,9H2,1H3,(H,16,17). The van der Waals surface area contributed by atoms with Crippen LogP contribution >= 0.6 is 0 Å². The molecule has 1 aromatic heterocycles. The molecular weight excluding hydrogens is 240 g/mol.